The van der Waals surface area contributed by atoms with Crippen LogP contribution in [0, 0.1) is 6.92 Å². The summed E-state index contributed by atoms with van der Waals surface area (Å²) in [6, 6.07) is 17.0. The van der Waals surface area contributed by atoms with Crippen molar-refractivity contribution in [2.45, 2.75) is 12.5 Å². The van der Waals surface area contributed by atoms with E-state index >= 15 is 0 Å². The summed E-state index contributed by atoms with van der Waals surface area (Å²) in [5.41, 5.74) is 2.60. The SMILES string of the molecule is [CH2]c1ccccc1NC(=O)N(CCc1ccccc1)C(CO)CN(C)C. The second-order valence-corrected chi connectivity index (χ2v) is 6.61. The van der Waals surface area contributed by atoms with E-state index in [1.165, 1.54) is 0 Å². The second kappa shape index (κ2) is 9.94. The van der Waals surface area contributed by atoms with Gasteiger partial charge < -0.3 is 20.2 Å². The summed E-state index contributed by atoms with van der Waals surface area (Å²) in [5.74, 6) is 0. The average molecular weight is 354 g/mol. The molecule has 0 fully saturated rings. The van der Waals surface area contributed by atoms with Crippen LogP contribution in [0.1, 0.15) is 11.1 Å². The highest BCUT2D eigenvalue weighted by molar-refractivity contribution is 5.90. The van der Waals surface area contributed by atoms with E-state index in [1.807, 2.05) is 73.6 Å². The smallest absolute Gasteiger partial charge is 0.322 e. The monoisotopic (exact) mass is 354 g/mol. The van der Waals surface area contributed by atoms with Crippen molar-refractivity contribution in [1.82, 2.24) is 9.80 Å². The minimum atomic E-state index is -0.286. The van der Waals surface area contributed by atoms with Gasteiger partial charge in [-0.25, -0.2) is 4.79 Å². The Bertz CT molecular complexity index is 689. The van der Waals surface area contributed by atoms with Gasteiger partial charge in [0.25, 0.3) is 0 Å². The molecule has 0 heterocycles. The molecule has 2 N–H and O–H groups in total. The summed E-state index contributed by atoms with van der Waals surface area (Å²) >= 11 is 0. The number of amides is 2. The summed E-state index contributed by atoms with van der Waals surface area (Å²) in [4.78, 5) is 16.6. The predicted molar refractivity (Wildman–Crippen MR) is 106 cm³/mol. The number of carbonyl (C=O) groups excluding carboxylic acids is 1. The van der Waals surface area contributed by atoms with E-state index in [4.69, 9.17) is 0 Å². The van der Waals surface area contributed by atoms with Gasteiger partial charge in [-0.1, -0.05) is 48.5 Å². The molecule has 2 aromatic carbocycles. The molecule has 139 valence electrons. The van der Waals surface area contributed by atoms with Crippen molar-refractivity contribution in [1.29, 1.82) is 0 Å². The van der Waals surface area contributed by atoms with E-state index in [0.717, 1.165) is 17.5 Å². The van der Waals surface area contributed by atoms with Crippen LogP contribution < -0.4 is 5.32 Å². The zero-order valence-corrected chi connectivity index (χ0v) is 15.6. The topological polar surface area (TPSA) is 55.8 Å². The highest BCUT2D eigenvalue weighted by Gasteiger charge is 2.24. The quantitative estimate of drug-likeness (QED) is 0.766. The Morgan fingerprint density at radius 3 is 2.38 bits per heavy atom. The summed E-state index contributed by atoms with van der Waals surface area (Å²) in [6.07, 6.45) is 0.726. The molecular weight excluding hydrogens is 326 g/mol. The van der Waals surface area contributed by atoms with Crippen LogP contribution in [0.4, 0.5) is 10.5 Å². The van der Waals surface area contributed by atoms with Gasteiger partial charge in [0.1, 0.15) is 0 Å². The molecule has 2 aromatic rings. The van der Waals surface area contributed by atoms with Crippen LogP contribution in [0.15, 0.2) is 54.6 Å². The number of carbonyl (C=O) groups is 1. The molecule has 0 saturated carbocycles. The third kappa shape index (κ3) is 5.86. The maximum atomic E-state index is 12.9. The second-order valence-electron chi connectivity index (χ2n) is 6.61. The van der Waals surface area contributed by atoms with Crippen molar-refractivity contribution >= 4 is 11.7 Å². The number of rotatable bonds is 8. The molecular formula is C21H28N3O2. The Morgan fingerprint density at radius 2 is 1.77 bits per heavy atom. The van der Waals surface area contributed by atoms with Gasteiger partial charge in [-0.15, -0.1) is 0 Å². The molecule has 1 unspecified atom stereocenters. The first kappa shape index (κ1) is 19.9. The van der Waals surface area contributed by atoms with E-state index in [9.17, 15) is 9.90 Å². The van der Waals surface area contributed by atoms with Crippen molar-refractivity contribution in [2.75, 3.05) is 39.1 Å². The first-order valence-electron chi connectivity index (χ1n) is 8.79. The molecule has 2 amide bonds. The van der Waals surface area contributed by atoms with Crippen LogP contribution in [-0.2, 0) is 6.42 Å². The van der Waals surface area contributed by atoms with Crippen molar-refractivity contribution in [2.24, 2.45) is 0 Å². The first-order chi connectivity index (χ1) is 12.5. The van der Waals surface area contributed by atoms with Gasteiger partial charge in [-0.2, -0.15) is 0 Å². The van der Waals surface area contributed by atoms with Gasteiger partial charge in [-0.3, -0.25) is 0 Å². The molecule has 1 radical (unpaired) electrons. The zero-order valence-electron chi connectivity index (χ0n) is 15.6. The van der Waals surface area contributed by atoms with E-state index in [0.29, 0.717) is 18.8 Å². The third-order valence-corrected chi connectivity index (χ3v) is 4.23. The predicted octanol–water partition coefficient (Wildman–Crippen LogP) is 2.87. The van der Waals surface area contributed by atoms with Crippen molar-refractivity contribution in [3.63, 3.8) is 0 Å². The van der Waals surface area contributed by atoms with Crippen LogP contribution in [0.25, 0.3) is 0 Å². The average Bonchev–Trinajstić information content (AvgIpc) is 2.63. The van der Waals surface area contributed by atoms with Gasteiger partial charge in [-0.05, 0) is 44.6 Å². The zero-order chi connectivity index (χ0) is 18.9. The van der Waals surface area contributed by atoms with E-state index in [2.05, 4.69) is 12.2 Å². The molecule has 0 aromatic heterocycles. The molecule has 26 heavy (non-hydrogen) atoms. The van der Waals surface area contributed by atoms with Crippen molar-refractivity contribution in [3.8, 4) is 0 Å². The Labute approximate surface area is 156 Å². The summed E-state index contributed by atoms with van der Waals surface area (Å²) in [6.45, 7) is 4.97. The van der Waals surface area contributed by atoms with Crippen LogP contribution in [0.5, 0.6) is 0 Å². The van der Waals surface area contributed by atoms with Gasteiger partial charge in [0, 0.05) is 18.8 Å². The molecule has 1 atom stereocenters. The lowest BCUT2D eigenvalue weighted by atomic mass is 10.1. The Kier molecular flexibility index (Phi) is 7.63. The van der Waals surface area contributed by atoms with Crippen LogP contribution in [0.3, 0.4) is 0 Å². The Hall–Kier alpha value is -2.37. The fraction of sp³-hybridized carbons (Fsp3) is 0.333. The van der Waals surface area contributed by atoms with Crippen LogP contribution in [-0.4, -0.2) is 60.8 Å². The van der Waals surface area contributed by atoms with Crippen LogP contribution >= 0.6 is 0 Å². The Morgan fingerprint density at radius 1 is 1.12 bits per heavy atom. The Balaban J connectivity index is 2.15. The van der Waals surface area contributed by atoms with Crippen molar-refractivity contribution in [3.05, 3.63) is 72.6 Å². The lowest BCUT2D eigenvalue weighted by Gasteiger charge is -2.32. The number of likely N-dealkylation sites (N-methyl/N-ethyl adjacent to an activating group) is 1. The fourth-order valence-corrected chi connectivity index (χ4v) is 2.85. The summed E-state index contributed by atoms with van der Waals surface area (Å²) < 4.78 is 0. The lowest BCUT2D eigenvalue weighted by molar-refractivity contribution is 0.122. The van der Waals surface area contributed by atoms with Gasteiger partial charge in [0.2, 0.25) is 0 Å². The molecule has 2 rings (SSSR count). The number of nitrogens with one attached hydrogen (secondary N) is 1. The number of aliphatic hydroxyl groups excluding tert-OH is 1. The number of urea groups is 1. The largest absolute Gasteiger partial charge is 0.394 e. The molecule has 0 saturated heterocycles. The van der Waals surface area contributed by atoms with Crippen LogP contribution in [0.2, 0.25) is 0 Å². The molecule has 0 aliphatic carbocycles. The number of nitrogens with zero attached hydrogens (tertiary/aromatic N) is 2. The molecule has 0 aliphatic heterocycles. The number of aliphatic hydroxyl groups is 1. The molecule has 0 bridgehead atoms. The number of para-hydroxylation sites is 1. The molecule has 0 spiro atoms. The maximum absolute atomic E-state index is 12.9. The van der Waals surface area contributed by atoms with Gasteiger partial charge >= 0.3 is 6.03 Å². The fourth-order valence-electron chi connectivity index (χ4n) is 2.85. The number of anilines is 1. The van der Waals surface area contributed by atoms with E-state index in [1.54, 1.807) is 4.90 Å². The normalized spacial score (nSPS) is 12.0. The lowest BCUT2D eigenvalue weighted by Crippen LogP contribution is -2.50. The highest BCUT2D eigenvalue weighted by Crippen LogP contribution is 2.15. The first-order valence-corrected chi connectivity index (χ1v) is 8.79. The minimum Gasteiger partial charge on any atom is -0.394 e. The van der Waals surface area contributed by atoms with E-state index < -0.39 is 0 Å². The van der Waals surface area contributed by atoms with E-state index in [-0.39, 0.29) is 18.7 Å². The molecule has 5 heteroatoms. The maximum Gasteiger partial charge on any atom is 0.322 e. The summed E-state index contributed by atoms with van der Waals surface area (Å²) in [5, 5.41) is 12.8. The van der Waals surface area contributed by atoms with Gasteiger partial charge in [0.05, 0.1) is 12.6 Å². The number of hydrogen-bond donors (Lipinski definition) is 2. The standard InChI is InChI=1S/C21H28N3O2/c1-17-9-7-8-12-20(17)22-21(26)24(19(16-25)15-23(2)3)14-13-18-10-5-4-6-11-18/h4-12,19,25H,1,13-16H2,2-3H3,(H,22,26). The minimum absolute atomic E-state index is 0.0909. The van der Waals surface area contributed by atoms with Gasteiger partial charge in [0.15, 0.2) is 0 Å². The highest BCUT2D eigenvalue weighted by atomic mass is 16.3. The molecule has 5 nitrogen and oxygen atoms in total. The summed E-state index contributed by atoms with van der Waals surface area (Å²) in [7, 11) is 3.86. The van der Waals surface area contributed by atoms with Crippen molar-refractivity contribution < 1.29 is 9.90 Å². The molecule has 0 aliphatic rings. The third-order valence-electron chi connectivity index (χ3n) is 4.23. The number of benzene rings is 2. The number of hydrogen-bond acceptors (Lipinski definition) is 3.